The van der Waals surface area contributed by atoms with Crippen LogP contribution in [0.2, 0.25) is 0 Å². The maximum Gasteiger partial charge on any atom is 0.219 e. The summed E-state index contributed by atoms with van der Waals surface area (Å²) < 4.78 is 12.7. The lowest BCUT2D eigenvalue weighted by atomic mass is 9.68. The van der Waals surface area contributed by atoms with Crippen LogP contribution in [0.3, 0.4) is 0 Å². The van der Waals surface area contributed by atoms with Crippen molar-refractivity contribution in [2.24, 2.45) is 0 Å². The summed E-state index contributed by atoms with van der Waals surface area (Å²) in [5, 5.41) is 28.7. The molecule has 2 saturated heterocycles. The molecule has 4 N–H and O–H groups in total. The van der Waals surface area contributed by atoms with Crippen molar-refractivity contribution in [1.82, 2.24) is 25.3 Å². The van der Waals surface area contributed by atoms with Gasteiger partial charge in [-0.2, -0.15) is 10.2 Å². The molecular formula is C32H40N8O3. The maximum absolute atomic E-state index is 10.9. The monoisotopic (exact) mass is 584 g/mol. The van der Waals surface area contributed by atoms with E-state index in [9.17, 15) is 10.4 Å². The van der Waals surface area contributed by atoms with Gasteiger partial charge in [-0.1, -0.05) is 11.2 Å². The maximum atomic E-state index is 10.9. The van der Waals surface area contributed by atoms with Gasteiger partial charge >= 0.3 is 0 Å². The molecule has 0 radical (unpaired) electrons. The van der Waals surface area contributed by atoms with E-state index in [2.05, 4.69) is 35.4 Å². The van der Waals surface area contributed by atoms with Crippen LogP contribution in [0.1, 0.15) is 67.0 Å². The van der Waals surface area contributed by atoms with Gasteiger partial charge in [-0.3, -0.25) is 4.90 Å². The fourth-order valence-electron chi connectivity index (χ4n) is 7.88. The highest BCUT2D eigenvalue weighted by atomic mass is 16.5. The number of ether oxygens (including phenoxy) is 1. The number of nitrogens with two attached hydrogens (primary N) is 1. The van der Waals surface area contributed by atoms with Crippen LogP contribution in [0, 0.1) is 11.3 Å². The van der Waals surface area contributed by atoms with Gasteiger partial charge in [0.2, 0.25) is 5.88 Å². The number of likely N-dealkylation sites (tertiary alicyclic amines) is 1. The van der Waals surface area contributed by atoms with Gasteiger partial charge in [0.15, 0.2) is 17.3 Å². The van der Waals surface area contributed by atoms with Crippen molar-refractivity contribution >= 4 is 11.5 Å². The second-order valence-corrected chi connectivity index (χ2v) is 13.0. The third-order valence-electron chi connectivity index (χ3n) is 10.1. The van der Waals surface area contributed by atoms with Crippen LogP contribution in [-0.2, 0) is 18.3 Å². The van der Waals surface area contributed by atoms with Gasteiger partial charge in [-0.25, -0.2) is 4.98 Å². The third-order valence-corrected chi connectivity index (χ3v) is 10.1. The number of benzene rings is 1. The molecule has 2 fully saturated rings. The molecule has 3 atom stereocenters. The zero-order chi connectivity index (χ0) is 29.9. The number of likely N-dealkylation sites (N-methyl/N-ethyl adjacent to an activating group) is 2. The standard InChI is InChI=1S/C32H40N8O3/c1-19(24-7-5-13-39(24)2)42-26-14-25(40(3)18-31(41)16-35-17-31)36-30(37-26)28-21-6-4-11-32(29(21)43-38-28)12-10-20-8-9-23(34)22(15-33)27(20)32/h8-9,14,19,24,35,41H,4-7,10-13,16-18,34H2,1-3H3/t19-,24-,32-/m0/s1. The quantitative estimate of drug-likeness (QED) is 0.352. The largest absolute Gasteiger partial charge is 0.473 e. The SMILES string of the molecule is C[C@H](Oc1cc(N(C)CC2(O)CNC2)nc(-c2noc3c2CCC[C@@]32CCc3ccc(N)c(C#N)c32)n1)[C@@H]1CCCN1C. The second kappa shape index (κ2) is 10.5. The Kier molecular flexibility index (Phi) is 6.84. The number of rotatable bonds is 7. The molecule has 1 aromatic carbocycles. The van der Waals surface area contributed by atoms with Crippen molar-refractivity contribution in [3.8, 4) is 23.5 Å². The van der Waals surface area contributed by atoms with E-state index in [-0.39, 0.29) is 6.10 Å². The first-order chi connectivity index (χ1) is 20.7. The van der Waals surface area contributed by atoms with Gasteiger partial charge in [0.05, 0.1) is 17.5 Å². The molecule has 0 unspecified atom stereocenters. The number of aliphatic hydroxyl groups is 1. The summed E-state index contributed by atoms with van der Waals surface area (Å²) in [6.45, 7) is 4.66. The molecule has 1 spiro atoms. The van der Waals surface area contributed by atoms with Crippen molar-refractivity contribution in [1.29, 1.82) is 5.26 Å². The van der Waals surface area contributed by atoms with Crippen molar-refractivity contribution in [2.75, 3.05) is 50.9 Å². The Bertz CT molecular complexity index is 1590. The number of hydrogen-bond acceptors (Lipinski definition) is 11. The van der Waals surface area contributed by atoms with E-state index in [4.69, 9.17) is 25.0 Å². The summed E-state index contributed by atoms with van der Waals surface area (Å²) in [5.41, 5.74) is 9.84. The Morgan fingerprint density at radius 1 is 1.28 bits per heavy atom. The van der Waals surface area contributed by atoms with Gasteiger partial charge in [-0.05, 0) is 82.7 Å². The number of anilines is 2. The van der Waals surface area contributed by atoms with E-state index in [1.165, 1.54) is 0 Å². The van der Waals surface area contributed by atoms with E-state index >= 15 is 0 Å². The molecule has 11 nitrogen and oxygen atoms in total. The summed E-state index contributed by atoms with van der Waals surface area (Å²) in [4.78, 5) is 14.1. The van der Waals surface area contributed by atoms with Crippen molar-refractivity contribution in [3.05, 3.63) is 46.2 Å². The molecule has 2 aliphatic carbocycles. The Labute approximate surface area is 252 Å². The number of hydrogen-bond donors (Lipinski definition) is 3. The lowest BCUT2D eigenvalue weighted by molar-refractivity contribution is -0.00169. The van der Waals surface area contributed by atoms with E-state index in [0.717, 1.165) is 73.9 Å². The predicted octanol–water partition coefficient (Wildman–Crippen LogP) is 2.79. The average molecular weight is 585 g/mol. The van der Waals surface area contributed by atoms with Gasteiger partial charge in [0, 0.05) is 43.5 Å². The number of β-amino-alcohol motifs (C(OH)–C–C–N with tert-alkyl or cyclic N) is 1. The molecule has 0 saturated carbocycles. The van der Waals surface area contributed by atoms with Crippen LogP contribution >= 0.6 is 0 Å². The zero-order valence-corrected chi connectivity index (χ0v) is 25.2. The van der Waals surface area contributed by atoms with Crippen LogP contribution in [0.4, 0.5) is 11.5 Å². The molecule has 43 heavy (non-hydrogen) atoms. The van der Waals surface area contributed by atoms with Crippen LogP contribution < -0.4 is 20.7 Å². The fourth-order valence-corrected chi connectivity index (χ4v) is 7.88. The summed E-state index contributed by atoms with van der Waals surface area (Å²) in [5.74, 6) is 2.38. The number of nitrogens with one attached hydrogen (secondary N) is 1. The topological polar surface area (TPSA) is 150 Å². The Morgan fingerprint density at radius 3 is 2.84 bits per heavy atom. The smallest absolute Gasteiger partial charge is 0.219 e. The fraction of sp³-hybridized carbons (Fsp3) is 0.562. The van der Waals surface area contributed by atoms with Crippen molar-refractivity contribution < 1.29 is 14.4 Å². The summed E-state index contributed by atoms with van der Waals surface area (Å²) in [6, 6.07) is 8.42. The Balaban J connectivity index is 1.29. The number of nitrogen functional groups attached to an aromatic ring is 1. The van der Waals surface area contributed by atoms with Crippen molar-refractivity contribution in [3.63, 3.8) is 0 Å². The first kappa shape index (κ1) is 28.1. The van der Waals surface area contributed by atoms with E-state index < -0.39 is 11.0 Å². The molecule has 4 heterocycles. The van der Waals surface area contributed by atoms with E-state index in [1.54, 1.807) is 0 Å². The molecule has 226 valence electrons. The van der Waals surface area contributed by atoms with Crippen LogP contribution in [0.5, 0.6) is 5.88 Å². The van der Waals surface area contributed by atoms with E-state index in [0.29, 0.717) is 60.1 Å². The predicted molar refractivity (Wildman–Crippen MR) is 162 cm³/mol. The average Bonchev–Trinajstić information content (AvgIpc) is 3.70. The molecule has 3 aromatic rings. The summed E-state index contributed by atoms with van der Waals surface area (Å²) in [6.07, 6.45) is 6.46. The van der Waals surface area contributed by atoms with Crippen LogP contribution in [-0.4, -0.2) is 83.2 Å². The van der Waals surface area contributed by atoms with Gasteiger partial charge in [-0.15, -0.1) is 0 Å². The first-order valence-electron chi connectivity index (χ1n) is 15.4. The molecule has 2 aromatic heterocycles. The highest BCUT2D eigenvalue weighted by molar-refractivity contribution is 5.68. The number of aryl methyl sites for hydroxylation is 1. The normalized spacial score (nSPS) is 24.7. The molecule has 7 rings (SSSR count). The van der Waals surface area contributed by atoms with Gasteiger partial charge in [0.25, 0.3) is 0 Å². The lowest BCUT2D eigenvalue weighted by Crippen LogP contribution is -2.64. The molecular weight excluding hydrogens is 544 g/mol. The second-order valence-electron chi connectivity index (χ2n) is 13.0. The van der Waals surface area contributed by atoms with Gasteiger partial charge < -0.3 is 30.3 Å². The zero-order valence-electron chi connectivity index (χ0n) is 25.2. The first-order valence-corrected chi connectivity index (χ1v) is 15.4. The molecule has 2 aliphatic heterocycles. The highest BCUT2D eigenvalue weighted by Crippen LogP contribution is 2.54. The Morgan fingerprint density at radius 2 is 2.12 bits per heavy atom. The highest BCUT2D eigenvalue weighted by Gasteiger charge is 2.49. The number of aromatic nitrogens is 3. The molecule has 0 bridgehead atoms. The van der Waals surface area contributed by atoms with Crippen molar-refractivity contribution in [2.45, 2.75) is 75.0 Å². The van der Waals surface area contributed by atoms with Crippen LogP contribution in [0.15, 0.2) is 22.7 Å². The molecule has 0 amide bonds. The van der Waals surface area contributed by atoms with Crippen LogP contribution in [0.25, 0.3) is 11.5 Å². The van der Waals surface area contributed by atoms with E-state index in [1.807, 2.05) is 30.1 Å². The molecule has 4 aliphatic rings. The minimum absolute atomic E-state index is 0.0623. The number of nitriles is 1. The minimum Gasteiger partial charge on any atom is -0.473 e. The Hall–Kier alpha value is -3.72. The lowest BCUT2D eigenvalue weighted by Gasteiger charge is -2.40. The number of nitrogens with zero attached hydrogens (tertiary/aromatic N) is 6. The number of fused-ring (bicyclic) bond motifs is 4. The summed E-state index contributed by atoms with van der Waals surface area (Å²) in [7, 11) is 4.07. The molecule has 11 heteroatoms. The third kappa shape index (κ3) is 4.63. The summed E-state index contributed by atoms with van der Waals surface area (Å²) >= 11 is 0. The minimum atomic E-state index is -0.809. The van der Waals surface area contributed by atoms with Gasteiger partial charge in [0.1, 0.15) is 23.6 Å².